The summed E-state index contributed by atoms with van der Waals surface area (Å²) in [5.41, 5.74) is 5.24. The number of piperazine rings is 1. The molecule has 2 heterocycles. The van der Waals surface area contributed by atoms with Crippen LogP contribution in [0.25, 0.3) is 0 Å². The second kappa shape index (κ2) is 8.51. The minimum absolute atomic E-state index is 0.0448. The lowest BCUT2D eigenvalue weighted by Gasteiger charge is -2.35. The first-order chi connectivity index (χ1) is 14.0. The van der Waals surface area contributed by atoms with Crippen molar-refractivity contribution in [1.29, 1.82) is 0 Å². The normalized spacial score (nSPS) is 16.7. The highest BCUT2D eigenvalue weighted by molar-refractivity contribution is 7.89. The number of hydrogen-bond acceptors (Lipinski definition) is 4. The fourth-order valence-corrected chi connectivity index (χ4v) is 5.29. The molecule has 1 aliphatic heterocycles. The van der Waals surface area contributed by atoms with E-state index in [2.05, 4.69) is 5.10 Å². The second-order valence-electron chi connectivity index (χ2n) is 8.35. The number of amides is 1. The largest absolute Gasteiger partial charge is 0.340 e. The van der Waals surface area contributed by atoms with Gasteiger partial charge in [-0.3, -0.25) is 9.48 Å². The highest BCUT2D eigenvalue weighted by atomic mass is 32.2. The summed E-state index contributed by atoms with van der Waals surface area (Å²) in [6, 6.07) is 5.22. The van der Waals surface area contributed by atoms with Crippen LogP contribution in [0.15, 0.2) is 23.1 Å². The highest BCUT2D eigenvalue weighted by Crippen LogP contribution is 2.21. The van der Waals surface area contributed by atoms with Crippen molar-refractivity contribution >= 4 is 15.9 Å². The Morgan fingerprint density at radius 3 is 2.20 bits per heavy atom. The van der Waals surface area contributed by atoms with E-state index in [1.54, 1.807) is 17.0 Å². The summed E-state index contributed by atoms with van der Waals surface area (Å²) in [7, 11) is -3.55. The molecule has 0 aliphatic carbocycles. The van der Waals surface area contributed by atoms with Crippen LogP contribution in [0.1, 0.15) is 35.0 Å². The molecule has 0 spiro atoms. The molecule has 1 fully saturated rings. The van der Waals surface area contributed by atoms with Crippen LogP contribution < -0.4 is 0 Å². The van der Waals surface area contributed by atoms with E-state index in [4.69, 9.17) is 0 Å². The Balaban J connectivity index is 1.63. The number of benzene rings is 1. The zero-order chi connectivity index (χ0) is 22.2. The number of hydrogen-bond donors (Lipinski definition) is 0. The van der Waals surface area contributed by atoms with Crippen LogP contribution in [0.5, 0.6) is 0 Å². The summed E-state index contributed by atoms with van der Waals surface area (Å²) in [5, 5.41) is 4.53. The highest BCUT2D eigenvalue weighted by Gasteiger charge is 2.32. The Hall–Kier alpha value is -2.19. The van der Waals surface area contributed by atoms with Crippen LogP contribution in [0, 0.1) is 40.5 Å². The number of aromatic nitrogens is 2. The smallest absolute Gasteiger partial charge is 0.243 e. The minimum atomic E-state index is -3.55. The maximum absolute atomic E-state index is 13.0. The van der Waals surface area contributed by atoms with E-state index >= 15 is 0 Å². The number of carbonyl (C=O) groups is 1. The van der Waals surface area contributed by atoms with Crippen molar-refractivity contribution in [3.63, 3.8) is 0 Å². The van der Waals surface area contributed by atoms with Gasteiger partial charge in [0.15, 0.2) is 0 Å². The van der Waals surface area contributed by atoms with Crippen LogP contribution in [-0.2, 0) is 21.4 Å². The lowest BCUT2D eigenvalue weighted by Crippen LogP contribution is -2.52. The Morgan fingerprint density at radius 1 is 1.03 bits per heavy atom. The van der Waals surface area contributed by atoms with E-state index in [0.717, 1.165) is 28.1 Å². The van der Waals surface area contributed by atoms with E-state index in [0.29, 0.717) is 37.6 Å². The molecular weight excluding hydrogens is 400 g/mol. The van der Waals surface area contributed by atoms with Gasteiger partial charge in [-0.25, -0.2) is 8.42 Å². The summed E-state index contributed by atoms with van der Waals surface area (Å²) in [6.07, 6.45) is 0. The lowest BCUT2D eigenvalue weighted by molar-refractivity contribution is -0.136. The molecule has 164 valence electrons. The number of sulfonamides is 1. The molecule has 0 N–H and O–H groups in total. The Morgan fingerprint density at radius 2 is 1.67 bits per heavy atom. The SMILES string of the molecule is Cc1ccc(S(=O)(=O)N2CCN(C(=O)[C@@H](C)Cn3nc(C)c(C)c3C)CC2)cc1C. The molecule has 0 saturated carbocycles. The minimum Gasteiger partial charge on any atom is -0.340 e. The average molecular weight is 433 g/mol. The molecule has 3 rings (SSSR count). The lowest BCUT2D eigenvalue weighted by atomic mass is 10.1. The first-order valence-electron chi connectivity index (χ1n) is 10.4. The third-order valence-electron chi connectivity index (χ3n) is 6.28. The van der Waals surface area contributed by atoms with Crippen molar-refractivity contribution in [2.45, 2.75) is 53.0 Å². The fourth-order valence-electron chi connectivity index (χ4n) is 3.79. The number of rotatable bonds is 5. The molecule has 2 aromatic rings. The topological polar surface area (TPSA) is 75.5 Å². The van der Waals surface area contributed by atoms with Gasteiger partial charge in [-0.05, 0) is 63.4 Å². The molecule has 1 saturated heterocycles. The van der Waals surface area contributed by atoms with Crippen molar-refractivity contribution in [1.82, 2.24) is 19.0 Å². The van der Waals surface area contributed by atoms with Crippen LogP contribution in [0.3, 0.4) is 0 Å². The van der Waals surface area contributed by atoms with Crippen LogP contribution in [-0.4, -0.2) is 59.5 Å². The molecule has 1 atom stereocenters. The van der Waals surface area contributed by atoms with Crippen molar-refractivity contribution in [3.05, 3.63) is 46.3 Å². The summed E-state index contributed by atoms with van der Waals surface area (Å²) in [4.78, 5) is 15.0. The zero-order valence-corrected chi connectivity index (χ0v) is 19.6. The molecule has 8 heteroatoms. The molecule has 1 aliphatic rings. The van der Waals surface area contributed by atoms with Crippen LogP contribution >= 0.6 is 0 Å². The first-order valence-corrected chi connectivity index (χ1v) is 11.8. The summed E-state index contributed by atoms with van der Waals surface area (Å²) < 4.78 is 29.3. The van der Waals surface area contributed by atoms with Crippen LogP contribution in [0.4, 0.5) is 0 Å². The predicted molar refractivity (Wildman–Crippen MR) is 117 cm³/mol. The van der Waals surface area contributed by atoms with Gasteiger partial charge in [0, 0.05) is 31.9 Å². The van der Waals surface area contributed by atoms with Gasteiger partial charge in [-0.2, -0.15) is 9.40 Å². The van der Waals surface area contributed by atoms with Crippen LogP contribution in [0.2, 0.25) is 0 Å². The first kappa shape index (κ1) is 22.5. The predicted octanol–water partition coefficient (Wildman–Crippen LogP) is 2.59. The average Bonchev–Trinajstić information content (AvgIpc) is 2.96. The van der Waals surface area contributed by atoms with Crippen molar-refractivity contribution in [2.75, 3.05) is 26.2 Å². The maximum Gasteiger partial charge on any atom is 0.243 e. The standard InChI is InChI=1S/C22H32N4O3S/c1-15-7-8-21(13-16(15)2)30(28,29)25-11-9-24(10-12-25)22(27)17(3)14-26-20(6)18(4)19(5)23-26/h7-8,13,17H,9-12,14H2,1-6H3/t17-/m0/s1. The van der Waals surface area contributed by atoms with Gasteiger partial charge < -0.3 is 4.90 Å². The van der Waals surface area contributed by atoms with Crippen molar-refractivity contribution < 1.29 is 13.2 Å². The molecular formula is C22H32N4O3S. The number of aryl methyl sites for hydroxylation is 3. The number of carbonyl (C=O) groups excluding carboxylic acids is 1. The summed E-state index contributed by atoms with van der Waals surface area (Å²) >= 11 is 0. The Kier molecular flexibility index (Phi) is 6.38. The van der Waals surface area contributed by atoms with E-state index in [-0.39, 0.29) is 11.8 Å². The Bertz CT molecular complexity index is 1050. The van der Waals surface area contributed by atoms with E-state index in [1.165, 1.54) is 4.31 Å². The van der Waals surface area contributed by atoms with Crippen molar-refractivity contribution in [2.24, 2.45) is 5.92 Å². The van der Waals surface area contributed by atoms with E-state index in [1.807, 2.05) is 52.3 Å². The Labute approximate surface area is 179 Å². The van der Waals surface area contributed by atoms with Crippen molar-refractivity contribution in [3.8, 4) is 0 Å². The molecule has 1 aromatic carbocycles. The third kappa shape index (κ3) is 4.30. The third-order valence-corrected chi connectivity index (χ3v) is 8.17. The summed E-state index contributed by atoms with van der Waals surface area (Å²) in [6.45, 7) is 13.8. The van der Waals surface area contributed by atoms with Gasteiger partial charge in [0.25, 0.3) is 0 Å². The van der Waals surface area contributed by atoms with Gasteiger partial charge in [-0.15, -0.1) is 0 Å². The molecule has 1 amide bonds. The molecule has 0 radical (unpaired) electrons. The second-order valence-corrected chi connectivity index (χ2v) is 10.3. The molecule has 0 unspecified atom stereocenters. The van der Waals surface area contributed by atoms with Gasteiger partial charge in [0.2, 0.25) is 15.9 Å². The fraction of sp³-hybridized carbons (Fsp3) is 0.545. The van der Waals surface area contributed by atoms with E-state index in [9.17, 15) is 13.2 Å². The van der Waals surface area contributed by atoms with Gasteiger partial charge in [0.1, 0.15) is 0 Å². The summed E-state index contributed by atoms with van der Waals surface area (Å²) in [5.74, 6) is -0.172. The van der Waals surface area contributed by atoms with Gasteiger partial charge >= 0.3 is 0 Å². The monoisotopic (exact) mass is 432 g/mol. The number of nitrogens with zero attached hydrogens (tertiary/aromatic N) is 4. The molecule has 1 aromatic heterocycles. The zero-order valence-electron chi connectivity index (χ0n) is 18.8. The van der Waals surface area contributed by atoms with E-state index < -0.39 is 10.0 Å². The molecule has 0 bridgehead atoms. The maximum atomic E-state index is 13.0. The molecule has 30 heavy (non-hydrogen) atoms. The molecule has 7 nitrogen and oxygen atoms in total. The van der Waals surface area contributed by atoms with Gasteiger partial charge in [-0.1, -0.05) is 13.0 Å². The quantitative estimate of drug-likeness (QED) is 0.728. The van der Waals surface area contributed by atoms with Gasteiger partial charge in [0.05, 0.1) is 23.1 Å².